The quantitative estimate of drug-likeness (QED) is 0.136. The smallest absolute Gasteiger partial charge is 0.0165 e. The molecule has 9 aromatic rings. The van der Waals surface area contributed by atoms with Crippen LogP contribution in [-0.2, 0) is 5.41 Å². The van der Waals surface area contributed by atoms with E-state index in [0.29, 0.717) is 0 Å². The Morgan fingerprint density at radius 3 is 1.78 bits per heavy atom. The molecule has 0 bridgehead atoms. The topological polar surface area (TPSA) is 0 Å². The first-order chi connectivity index (χ1) is 24.1. The van der Waals surface area contributed by atoms with Gasteiger partial charge in [-0.3, -0.25) is 0 Å². The molecule has 0 heterocycles. The van der Waals surface area contributed by atoms with Crippen LogP contribution in [0.5, 0.6) is 0 Å². The maximum absolute atomic E-state index is 2.39. The Morgan fingerprint density at radius 2 is 0.939 bits per heavy atom. The van der Waals surface area contributed by atoms with Crippen LogP contribution in [0.1, 0.15) is 25.0 Å². The molecule has 0 unspecified atom stereocenters. The lowest BCUT2D eigenvalue weighted by atomic mass is 9.80. The van der Waals surface area contributed by atoms with Gasteiger partial charge in [-0.25, -0.2) is 0 Å². The highest BCUT2D eigenvalue weighted by molar-refractivity contribution is 6.20. The van der Waals surface area contributed by atoms with E-state index in [1.165, 1.54) is 98.7 Å². The second-order valence-corrected chi connectivity index (χ2v) is 14.1. The summed E-state index contributed by atoms with van der Waals surface area (Å²) in [5, 5.41) is 10.3. The van der Waals surface area contributed by atoms with Gasteiger partial charge in [0.1, 0.15) is 0 Å². The van der Waals surface area contributed by atoms with Crippen LogP contribution in [0.3, 0.4) is 0 Å². The van der Waals surface area contributed by atoms with Crippen molar-refractivity contribution in [2.24, 2.45) is 0 Å². The predicted molar refractivity (Wildman–Crippen MR) is 210 cm³/mol. The van der Waals surface area contributed by atoms with Gasteiger partial charge in [0.05, 0.1) is 0 Å². The van der Waals surface area contributed by atoms with E-state index in [1.807, 2.05) is 0 Å². The Bertz CT molecular complexity index is 2800. The fraction of sp³-hybridized carbons (Fsp3) is 0.0612. The first-order valence-corrected chi connectivity index (χ1v) is 17.3. The zero-order chi connectivity index (χ0) is 32.7. The molecule has 1 aliphatic carbocycles. The predicted octanol–water partition coefficient (Wildman–Crippen LogP) is 13.6. The van der Waals surface area contributed by atoms with Crippen LogP contribution >= 0.6 is 0 Å². The molecule has 0 aliphatic heterocycles. The number of fused-ring (bicyclic) bond motifs is 9. The second-order valence-electron chi connectivity index (χ2n) is 14.1. The molecule has 0 saturated heterocycles. The van der Waals surface area contributed by atoms with Crippen LogP contribution < -0.4 is 0 Å². The number of rotatable bonds is 3. The fourth-order valence-corrected chi connectivity index (χ4v) is 8.75. The van der Waals surface area contributed by atoms with Crippen LogP contribution in [0.2, 0.25) is 0 Å². The molecule has 0 radical (unpaired) electrons. The monoisotopic (exact) mass is 622 g/mol. The van der Waals surface area contributed by atoms with Gasteiger partial charge in [0.25, 0.3) is 0 Å². The Labute approximate surface area is 286 Å². The molecule has 0 aromatic heterocycles. The number of benzene rings is 9. The van der Waals surface area contributed by atoms with Crippen molar-refractivity contribution in [1.82, 2.24) is 0 Å². The van der Waals surface area contributed by atoms with Crippen molar-refractivity contribution in [2.75, 3.05) is 0 Å². The van der Waals surface area contributed by atoms with Crippen molar-refractivity contribution in [3.63, 3.8) is 0 Å². The minimum atomic E-state index is -0.0383. The molecule has 0 N–H and O–H groups in total. The Hall–Kier alpha value is -5.98. The van der Waals surface area contributed by atoms with E-state index in [4.69, 9.17) is 0 Å². The van der Waals surface area contributed by atoms with E-state index >= 15 is 0 Å². The van der Waals surface area contributed by atoms with Gasteiger partial charge in [-0.2, -0.15) is 0 Å². The van der Waals surface area contributed by atoms with Crippen molar-refractivity contribution < 1.29 is 0 Å². The third-order valence-electron chi connectivity index (χ3n) is 11.0. The molecule has 230 valence electrons. The van der Waals surface area contributed by atoms with Gasteiger partial charge in [-0.05, 0) is 117 Å². The molecular weight excluding hydrogens is 589 g/mol. The number of hydrogen-bond donors (Lipinski definition) is 0. The lowest BCUT2D eigenvalue weighted by molar-refractivity contribution is 0.666. The van der Waals surface area contributed by atoms with E-state index in [9.17, 15) is 0 Å². The maximum Gasteiger partial charge on any atom is 0.0165 e. The Kier molecular flexibility index (Phi) is 6.02. The van der Waals surface area contributed by atoms with Gasteiger partial charge >= 0.3 is 0 Å². The van der Waals surface area contributed by atoms with Gasteiger partial charge in [-0.1, -0.05) is 166 Å². The molecular formula is C49H34. The third kappa shape index (κ3) is 4.17. The molecule has 0 fully saturated rings. The molecule has 0 spiro atoms. The maximum atomic E-state index is 2.39. The average molecular weight is 623 g/mol. The van der Waals surface area contributed by atoms with E-state index in [0.717, 1.165) is 0 Å². The van der Waals surface area contributed by atoms with Crippen LogP contribution in [0, 0.1) is 0 Å². The summed E-state index contributed by atoms with van der Waals surface area (Å²) in [6.45, 7) is 4.74. The lowest BCUT2D eigenvalue weighted by Gasteiger charge is -2.23. The minimum Gasteiger partial charge on any atom is -0.0619 e. The van der Waals surface area contributed by atoms with Crippen LogP contribution in [0.4, 0.5) is 0 Å². The zero-order valence-corrected chi connectivity index (χ0v) is 27.7. The highest BCUT2D eigenvalue weighted by atomic mass is 14.4. The summed E-state index contributed by atoms with van der Waals surface area (Å²) < 4.78 is 0. The van der Waals surface area contributed by atoms with E-state index in [2.05, 4.69) is 184 Å². The average Bonchev–Trinajstić information content (AvgIpc) is 3.40. The fourth-order valence-electron chi connectivity index (χ4n) is 8.75. The van der Waals surface area contributed by atoms with Crippen molar-refractivity contribution >= 4 is 43.1 Å². The Balaban J connectivity index is 1.13. The van der Waals surface area contributed by atoms with Crippen LogP contribution in [-0.4, -0.2) is 0 Å². The molecule has 0 amide bonds. The first kappa shape index (κ1) is 28.1. The van der Waals surface area contributed by atoms with Gasteiger partial charge in [-0.15, -0.1) is 0 Å². The molecule has 9 aromatic carbocycles. The summed E-state index contributed by atoms with van der Waals surface area (Å²) in [5.41, 5.74) is 13.0. The summed E-state index contributed by atoms with van der Waals surface area (Å²) in [6.07, 6.45) is 0. The summed E-state index contributed by atoms with van der Waals surface area (Å²) in [4.78, 5) is 0. The first-order valence-electron chi connectivity index (χ1n) is 17.3. The van der Waals surface area contributed by atoms with Crippen molar-refractivity contribution in [3.05, 3.63) is 181 Å². The summed E-state index contributed by atoms with van der Waals surface area (Å²) in [6, 6.07) is 63.1. The van der Waals surface area contributed by atoms with E-state index in [-0.39, 0.29) is 5.41 Å². The summed E-state index contributed by atoms with van der Waals surface area (Å²) in [7, 11) is 0. The van der Waals surface area contributed by atoms with Gasteiger partial charge in [0.15, 0.2) is 0 Å². The molecule has 1 aliphatic rings. The SMILES string of the molecule is CC1(C)c2ccccc2-c2ccc3cc(-c4ccccc4-c4cccc(-c5c6ccccc6cc6c5ccc5ccccc56)c4)ccc3c21. The van der Waals surface area contributed by atoms with Crippen molar-refractivity contribution in [3.8, 4) is 44.5 Å². The third-order valence-corrected chi connectivity index (χ3v) is 11.0. The second kappa shape index (κ2) is 10.5. The van der Waals surface area contributed by atoms with E-state index in [1.54, 1.807) is 0 Å². The van der Waals surface area contributed by atoms with Gasteiger partial charge < -0.3 is 0 Å². The lowest BCUT2D eigenvalue weighted by Crippen LogP contribution is -2.15. The Morgan fingerprint density at radius 1 is 0.327 bits per heavy atom. The molecule has 0 saturated carbocycles. The van der Waals surface area contributed by atoms with Crippen LogP contribution in [0.15, 0.2) is 170 Å². The molecule has 0 heteroatoms. The number of hydrogen-bond acceptors (Lipinski definition) is 0. The molecule has 49 heavy (non-hydrogen) atoms. The zero-order valence-electron chi connectivity index (χ0n) is 27.7. The molecule has 0 nitrogen and oxygen atoms in total. The van der Waals surface area contributed by atoms with Crippen molar-refractivity contribution in [2.45, 2.75) is 19.3 Å². The molecule has 10 rings (SSSR count). The van der Waals surface area contributed by atoms with Gasteiger partial charge in [0.2, 0.25) is 0 Å². The summed E-state index contributed by atoms with van der Waals surface area (Å²) in [5.74, 6) is 0. The largest absolute Gasteiger partial charge is 0.0619 e. The van der Waals surface area contributed by atoms with E-state index < -0.39 is 0 Å². The molecule has 0 atom stereocenters. The standard InChI is InChI=1S/C49H34/c1-49(2)46-21-10-9-20-42(46)44-27-24-35-28-34(23-25-41(35)48(44)49)39-18-8-7-17-38(39)32-14-11-15-36(29-32)47-40-19-6-4-13-33(40)30-45-37-16-5-3-12-31(37)22-26-43(45)47/h3-30H,1-2H3. The summed E-state index contributed by atoms with van der Waals surface area (Å²) >= 11 is 0. The van der Waals surface area contributed by atoms with Crippen molar-refractivity contribution in [1.29, 1.82) is 0 Å². The normalized spacial score (nSPS) is 13.3. The highest BCUT2D eigenvalue weighted by Crippen LogP contribution is 2.51. The highest BCUT2D eigenvalue weighted by Gasteiger charge is 2.36. The van der Waals surface area contributed by atoms with Gasteiger partial charge in [0, 0.05) is 5.41 Å². The van der Waals surface area contributed by atoms with Crippen LogP contribution in [0.25, 0.3) is 87.6 Å². The minimum absolute atomic E-state index is 0.0383.